The van der Waals surface area contributed by atoms with E-state index in [1.807, 2.05) is 30.3 Å². The molecule has 0 radical (unpaired) electrons. The molecule has 0 aliphatic heterocycles. The highest BCUT2D eigenvalue weighted by atomic mass is 35.5. The van der Waals surface area contributed by atoms with E-state index < -0.39 is 5.92 Å². The summed E-state index contributed by atoms with van der Waals surface area (Å²) >= 11 is 12.1. The number of Topliss-reactive ketones (excluding diaryl/α,β-unsaturated/α-hetero) is 1. The Morgan fingerprint density at radius 2 is 1.92 bits per heavy atom. The number of aromatic nitrogens is 3. The van der Waals surface area contributed by atoms with Crippen LogP contribution < -0.4 is 0 Å². The average Bonchev–Trinajstić information content (AvgIpc) is 3.12. The summed E-state index contributed by atoms with van der Waals surface area (Å²) in [6.45, 7) is 3.76. The molecule has 0 aliphatic rings. The Morgan fingerprint density at radius 3 is 2.60 bits per heavy atom. The standard InChI is InChI=1S/C19H15Cl2N3O/c1-2-6-15(13-9-10-16(20)17(21)11-13)19(25)18-12-22-23-24(18)14-7-4-3-5-8-14/h2-5,7-12,15H,1,6H2/t15-/m0/s1. The average molecular weight is 372 g/mol. The molecule has 0 N–H and O–H groups in total. The summed E-state index contributed by atoms with van der Waals surface area (Å²) in [5.74, 6) is -0.541. The number of benzene rings is 2. The van der Waals surface area contributed by atoms with Crippen molar-refractivity contribution in [2.75, 3.05) is 0 Å². The predicted molar refractivity (Wildman–Crippen MR) is 99.7 cm³/mol. The SMILES string of the molecule is C=CC[C@H](C(=O)c1cnnn1-c1ccccc1)c1ccc(Cl)c(Cl)c1. The first-order chi connectivity index (χ1) is 12.1. The van der Waals surface area contributed by atoms with Crippen LogP contribution in [-0.2, 0) is 0 Å². The minimum atomic E-state index is -0.437. The maximum atomic E-state index is 13.2. The molecule has 6 heteroatoms. The molecule has 25 heavy (non-hydrogen) atoms. The fourth-order valence-electron chi connectivity index (χ4n) is 2.63. The molecule has 0 amide bonds. The fraction of sp³-hybridized carbons (Fsp3) is 0.105. The van der Waals surface area contributed by atoms with Crippen LogP contribution in [0.2, 0.25) is 10.0 Å². The Labute approximate surface area is 155 Å². The molecule has 2 aromatic carbocycles. The van der Waals surface area contributed by atoms with E-state index in [9.17, 15) is 4.79 Å². The van der Waals surface area contributed by atoms with Gasteiger partial charge < -0.3 is 0 Å². The Bertz CT molecular complexity index is 906. The molecular formula is C19H15Cl2N3O. The van der Waals surface area contributed by atoms with Gasteiger partial charge in [0.2, 0.25) is 0 Å². The molecule has 0 saturated carbocycles. The van der Waals surface area contributed by atoms with E-state index >= 15 is 0 Å². The number of rotatable bonds is 6. The lowest BCUT2D eigenvalue weighted by molar-refractivity contribution is 0.0952. The zero-order valence-corrected chi connectivity index (χ0v) is 14.8. The predicted octanol–water partition coefficient (Wildman–Crippen LogP) is 5.12. The van der Waals surface area contributed by atoms with E-state index in [0.29, 0.717) is 22.2 Å². The first kappa shape index (κ1) is 17.4. The molecule has 1 heterocycles. The van der Waals surface area contributed by atoms with Gasteiger partial charge in [-0.1, -0.05) is 58.8 Å². The van der Waals surface area contributed by atoms with Crippen LogP contribution in [0, 0.1) is 0 Å². The molecule has 1 aromatic heterocycles. The van der Waals surface area contributed by atoms with Crippen LogP contribution in [0.25, 0.3) is 5.69 Å². The number of hydrogen-bond donors (Lipinski definition) is 0. The van der Waals surface area contributed by atoms with Crippen LogP contribution in [0.5, 0.6) is 0 Å². The second kappa shape index (κ2) is 7.64. The largest absolute Gasteiger partial charge is 0.292 e. The van der Waals surface area contributed by atoms with Crippen molar-refractivity contribution in [2.24, 2.45) is 0 Å². The van der Waals surface area contributed by atoms with Gasteiger partial charge in [0, 0.05) is 0 Å². The highest BCUT2D eigenvalue weighted by molar-refractivity contribution is 6.42. The van der Waals surface area contributed by atoms with Crippen LogP contribution in [0.3, 0.4) is 0 Å². The molecule has 0 fully saturated rings. The van der Waals surface area contributed by atoms with Crippen LogP contribution in [0.1, 0.15) is 28.4 Å². The molecule has 1 atom stereocenters. The molecule has 4 nitrogen and oxygen atoms in total. The lowest BCUT2D eigenvalue weighted by Gasteiger charge is -2.16. The molecule has 0 bridgehead atoms. The molecule has 3 aromatic rings. The van der Waals surface area contributed by atoms with Crippen LogP contribution >= 0.6 is 23.2 Å². The zero-order chi connectivity index (χ0) is 17.8. The van der Waals surface area contributed by atoms with Gasteiger partial charge in [-0.3, -0.25) is 4.79 Å². The third-order valence-electron chi connectivity index (χ3n) is 3.87. The van der Waals surface area contributed by atoms with Gasteiger partial charge in [-0.05, 0) is 36.2 Å². The number of ketones is 1. The van der Waals surface area contributed by atoms with Crippen molar-refractivity contribution in [3.8, 4) is 5.69 Å². The molecule has 126 valence electrons. The topological polar surface area (TPSA) is 47.8 Å². The Hall–Kier alpha value is -2.43. The molecular weight excluding hydrogens is 357 g/mol. The van der Waals surface area contributed by atoms with Crippen LogP contribution in [-0.4, -0.2) is 20.8 Å². The highest BCUT2D eigenvalue weighted by Gasteiger charge is 2.25. The van der Waals surface area contributed by atoms with Crippen molar-refractivity contribution in [2.45, 2.75) is 12.3 Å². The van der Waals surface area contributed by atoms with Crippen molar-refractivity contribution in [3.63, 3.8) is 0 Å². The van der Waals surface area contributed by atoms with Gasteiger partial charge in [0.1, 0.15) is 5.69 Å². The lowest BCUT2D eigenvalue weighted by Crippen LogP contribution is -2.17. The molecule has 0 aliphatic carbocycles. The minimum Gasteiger partial charge on any atom is -0.292 e. The summed E-state index contributed by atoms with van der Waals surface area (Å²) in [6, 6.07) is 14.6. The number of carbonyl (C=O) groups excluding carboxylic acids is 1. The van der Waals surface area contributed by atoms with Crippen molar-refractivity contribution in [3.05, 3.63) is 88.7 Å². The van der Waals surface area contributed by atoms with Gasteiger partial charge in [0.05, 0.1) is 27.8 Å². The smallest absolute Gasteiger partial charge is 0.190 e. The maximum Gasteiger partial charge on any atom is 0.190 e. The molecule has 3 rings (SSSR count). The maximum absolute atomic E-state index is 13.2. The van der Waals surface area contributed by atoms with Crippen LogP contribution in [0.4, 0.5) is 0 Å². The van der Waals surface area contributed by atoms with E-state index in [1.165, 1.54) is 10.9 Å². The fourth-order valence-corrected chi connectivity index (χ4v) is 2.94. The van der Waals surface area contributed by atoms with Crippen molar-refractivity contribution >= 4 is 29.0 Å². The first-order valence-electron chi connectivity index (χ1n) is 7.68. The first-order valence-corrected chi connectivity index (χ1v) is 8.43. The number of carbonyl (C=O) groups is 1. The second-order valence-corrected chi connectivity index (χ2v) is 6.30. The van der Waals surface area contributed by atoms with Gasteiger partial charge >= 0.3 is 0 Å². The van der Waals surface area contributed by atoms with E-state index in [0.717, 1.165) is 11.3 Å². The summed E-state index contributed by atoms with van der Waals surface area (Å²) in [5.41, 5.74) is 1.96. The monoisotopic (exact) mass is 371 g/mol. The van der Waals surface area contributed by atoms with E-state index in [4.69, 9.17) is 23.2 Å². The van der Waals surface area contributed by atoms with Gasteiger partial charge in [-0.15, -0.1) is 11.7 Å². The van der Waals surface area contributed by atoms with Gasteiger partial charge in [-0.2, -0.15) is 0 Å². The third-order valence-corrected chi connectivity index (χ3v) is 4.61. The zero-order valence-electron chi connectivity index (χ0n) is 13.3. The van der Waals surface area contributed by atoms with E-state index in [1.54, 1.807) is 24.3 Å². The molecule has 0 spiro atoms. The summed E-state index contributed by atoms with van der Waals surface area (Å²) in [4.78, 5) is 13.2. The number of allylic oxidation sites excluding steroid dienone is 1. The van der Waals surface area contributed by atoms with Gasteiger partial charge in [0.15, 0.2) is 5.78 Å². The summed E-state index contributed by atoms with van der Waals surface area (Å²) in [6.07, 6.45) is 3.65. The molecule has 0 unspecified atom stereocenters. The number of halogens is 2. The normalized spacial score (nSPS) is 11.9. The highest BCUT2D eigenvalue weighted by Crippen LogP contribution is 2.30. The van der Waals surface area contributed by atoms with E-state index in [2.05, 4.69) is 16.9 Å². The summed E-state index contributed by atoms with van der Waals surface area (Å²) < 4.78 is 1.54. The number of para-hydroxylation sites is 1. The minimum absolute atomic E-state index is 0.104. The Kier molecular flexibility index (Phi) is 5.31. The Morgan fingerprint density at radius 1 is 1.16 bits per heavy atom. The molecule has 0 saturated heterocycles. The third kappa shape index (κ3) is 3.65. The quantitative estimate of drug-likeness (QED) is 0.446. The lowest BCUT2D eigenvalue weighted by atomic mass is 9.90. The Balaban J connectivity index is 2.01. The van der Waals surface area contributed by atoms with Crippen molar-refractivity contribution in [1.29, 1.82) is 0 Å². The number of hydrogen-bond acceptors (Lipinski definition) is 3. The van der Waals surface area contributed by atoms with Crippen molar-refractivity contribution < 1.29 is 4.79 Å². The second-order valence-electron chi connectivity index (χ2n) is 5.48. The number of nitrogens with zero attached hydrogens (tertiary/aromatic N) is 3. The van der Waals surface area contributed by atoms with Crippen LogP contribution in [0.15, 0.2) is 67.4 Å². The summed E-state index contributed by atoms with van der Waals surface area (Å²) in [7, 11) is 0. The van der Waals surface area contributed by atoms with Crippen molar-refractivity contribution in [1.82, 2.24) is 15.0 Å². The van der Waals surface area contributed by atoms with Gasteiger partial charge in [0.25, 0.3) is 0 Å². The van der Waals surface area contributed by atoms with Gasteiger partial charge in [-0.25, -0.2) is 4.68 Å². The van der Waals surface area contributed by atoms with E-state index in [-0.39, 0.29) is 5.78 Å². The summed E-state index contributed by atoms with van der Waals surface area (Å²) in [5, 5.41) is 8.82.